The minimum absolute atomic E-state index is 0.339. The Balaban J connectivity index is 2.08. The number of likely N-dealkylation sites (tertiary alicyclic amines) is 1. The van der Waals surface area contributed by atoms with Gasteiger partial charge in [-0.2, -0.15) is 0 Å². The molecule has 1 heterocycles. The van der Waals surface area contributed by atoms with E-state index >= 15 is 0 Å². The van der Waals surface area contributed by atoms with Gasteiger partial charge >= 0.3 is 5.97 Å². The fourth-order valence-electron chi connectivity index (χ4n) is 2.89. The fraction of sp³-hybridized carbons (Fsp3) is 0.562. The molecule has 0 saturated carbocycles. The molecule has 0 aromatic heterocycles. The molecule has 0 spiro atoms. The predicted molar refractivity (Wildman–Crippen MR) is 81.4 cm³/mol. The number of nitrogens with one attached hydrogen (secondary N) is 1. The highest BCUT2D eigenvalue weighted by atomic mass is 16.4. The summed E-state index contributed by atoms with van der Waals surface area (Å²) in [5.41, 5.74) is 2.36. The van der Waals surface area contributed by atoms with Crippen molar-refractivity contribution >= 4 is 11.7 Å². The quantitative estimate of drug-likeness (QED) is 0.888. The monoisotopic (exact) mass is 276 g/mol. The molecule has 1 aliphatic heterocycles. The van der Waals surface area contributed by atoms with Crippen molar-refractivity contribution in [3.8, 4) is 0 Å². The summed E-state index contributed by atoms with van der Waals surface area (Å²) in [6.07, 6.45) is 2.47. The van der Waals surface area contributed by atoms with E-state index in [1.54, 1.807) is 12.1 Å². The molecular formula is C16H24N2O2. The number of carboxylic acids is 1. The molecular weight excluding hydrogens is 252 g/mol. The maximum Gasteiger partial charge on any atom is 0.335 e. The normalized spacial score (nSPS) is 21.4. The third kappa shape index (κ3) is 3.51. The van der Waals surface area contributed by atoms with Crippen LogP contribution in [0.25, 0.3) is 0 Å². The van der Waals surface area contributed by atoms with Crippen LogP contribution in [0.15, 0.2) is 18.2 Å². The molecule has 4 heteroatoms. The third-order valence-electron chi connectivity index (χ3n) is 4.24. The number of anilines is 1. The summed E-state index contributed by atoms with van der Waals surface area (Å²) in [7, 11) is 2.16. The van der Waals surface area contributed by atoms with Crippen LogP contribution >= 0.6 is 0 Å². The summed E-state index contributed by atoms with van der Waals surface area (Å²) in [5, 5.41) is 12.6. The van der Waals surface area contributed by atoms with E-state index in [1.165, 1.54) is 19.4 Å². The van der Waals surface area contributed by atoms with Crippen LogP contribution in [0, 0.1) is 12.8 Å². The summed E-state index contributed by atoms with van der Waals surface area (Å²) in [5.74, 6) is -0.264. The first kappa shape index (κ1) is 14.9. The molecule has 110 valence electrons. The van der Waals surface area contributed by atoms with E-state index < -0.39 is 5.97 Å². The minimum Gasteiger partial charge on any atom is -0.478 e. The van der Waals surface area contributed by atoms with Gasteiger partial charge in [-0.1, -0.05) is 6.07 Å². The van der Waals surface area contributed by atoms with Crippen LogP contribution in [0.4, 0.5) is 5.69 Å². The Hall–Kier alpha value is -1.55. The molecule has 2 N–H and O–H groups in total. The third-order valence-corrected chi connectivity index (χ3v) is 4.24. The minimum atomic E-state index is -0.877. The molecule has 4 nitrogen and oxygen atoms in total. The molecule has 1 aliphatic rings. The topological polar surface area (TPSA) is 52.6 Å². The molecule has 20 heavy (non-hydrogen) atoms. The van der Waals surface area contributed by atoms with Crippen molar-refractivity contribution in [1.82, 2.24) is 4.90 Å². The van der Waals surface area contributed by atoms with Gasteiger partial charge in [-0.05, 0) is 63.9 Å². The van der Waals surface area contributed by atoms with Crippen LogP contribution in [-0.2, 0) is 0 Å². The molecule has 2 rings (SSSR count). The zero-order valence-electron chi connectivity index (χ0n) is 12.5. The van der Waals surface area contributed by atoms with Crippen molar-refractivity contribution in [2.75, 3.05) is 25.5 Å². The molecule has 1 saturated heterocycles. The number of aryl methyl sites for hydroxylation is 1. The molecule has 2 atom stereocenters. The van der Waals surface area contributed by atoms with Gasteiger partial charge in [0.1, 0.15) is 0 Å². The second-order valence-corrected chi connectivity index (χ2v) is 5.93. The molecule has 1 aromatic carbocycles. The van der Waals surface area contributed by atoms with Crippen LogP contribution in [0.3, 0.4) is 0 Å². The maximum atomic E-state index is 11.1. The average molecular weight is 276 g/mol. The molecule has 2 unspecified atom stereocenters. The lowest BCUT2D eigenvalue weighted by Crippen LogP contribution is -2.40. The number of hydrogen-bond acceptors (Lipinski definition) is 3. The van der Waals surface area contributed by atoms with Gasteiger partial charge in [0.2, 0.25) is 0 Å². The Morgan fingerprint density at radius 2 is 2.25 bits per heavy atom. The zero-order chi connectivity index (χ0) is 14.7. The lowest BCUT2D eigenvalue weighted by Gasteiger charge is -2.34. The Labute approximate surface area is 120 Å². The highest BCUT2D eigenvalue weighted by Gasteiger charge is 2.23. The smallest absolute Gasteiger partial charge is 0.335 e. The van der Waals surface area contributed by atoms with Crippen molar-refractivity contribution in [2.24, 2.45) is 5.92 Å². The van der Waals surface area contributed by atoms with Crippen LogP contribution in [0.1, 0.15) is 35.7 Å². The Morgan fingerprint density at radius 1 is 1.50 bits per heavy atom. The SMILES string of the molecule is Cc1ccc(C(=O)O)cc1NC(C)C1CCCN(C)C1. The average Bonchev–Trinajstić information content (AvgIpc) is 2.41. The van der Waals surface area contributed by atoms with Gasteiger partial charge in [0.25, 0.3) is 0 Å². The number of carboxylic acid groups (broad SMARTS) is 1. The van der Waals surface area contributed by atoms with Crippen LogP contribution < -0.4 is 5.32 Å². The fourth-order valence-corrected chi connectivity index (χ4v) is 2.89. The van der Waals surface area contributed by atoms with Gasteiger partial charge in [-0.25, -0.2) is 4.79 Å². The zero-order valence-corrected chi connectivity index (χ0v) is 12.5. The van der Waals surface area contributed by atoms with Crippen molar-refractivity contribution in [3.05, 3.63) is 29.3 Å². The van der Waals surface area contributed by atoms with Crippen molar-refractivity contribution in [3.63, 3.8) is 0 Å². The van der Waals surface area contributed by atoms with Gasteiger partial charge in [-0.15, -0.1) is 0 Å². The number of aromatic carboxylic acids is 1. The summed E-state index contributed by atoms with van der Waals surface area (Å²) in [4.78, 5) is 13.4. The largest absolute Gasteiger partial charge is 0.478 e. The molecule has 0 bridgehead atoms. The van der Waals surface area contributed by atoms with E-state index in [2.05, 4.69) is 24.2 Å². The van der Waals surface area contributed by atoms with Gasteiger partial charge < -0.3 is 15.3 Å². The van der Waals surface area contributed by atoms with E-state index in [0.29, 0.717) is 17.5 Å². The van der Waals surface area contributed by atoms with Crippen LogP contribution in [0.2, 0.25) is 0 Å². The summed E-state index contributed by atoms with van der Waals surface area (Å²) in [6.45, 7) is 6.48. The highest BCUT2D eigenvalue weighted by molar-refractivity contribution is 5.89. The Morgan fingerprint density at radius 3 is 2.90 bits per heavy atom. The standard InChI is InChI=1S/C16H24N2O2/c1-11-6-7-13(16(19)20)9-15(11)17-12(2)14-5-4-8-18(3)10-14/h6-7,9,12,14,17H,4-5,8,10H2,1-3H3,(H,19,20). The van der Waals surface area contributed by atoms with Crippen LogP contribution in [-0.4, -0.2) is 42.2 Å². The maximum absolute atomic E-state index is 11.1. The molecule has 0 radical (unpaired) electrons. The molecule has 0 aliphatic carbocycles. The summed E-state index contributed by atoms with van der Waals surface area (Å²) >= 11 is 0. The van der Waals surface area contributed by atoms with E-state index in [4.69, 9.17) is 5.11 Å². The van der Waals surface area contributed by atoms with Crippen molar-refractivity contribution in [2.45, 2.75) is 32.7 Å². The van der Waals surface area contributed by atoms with E-state index in [1.807, 2.05) is 13.0 Å². The van der Waals surface area contributed by atoms with E-state index in [9.17, 15) is 4.79 Å². The van der Waals surface area contributed by atoms with Gasteiger partial charge in [0.05, 0.1) is 5.56 Å². The highest BCUT2D eigenvalue weighted by Crippen LogP contribution is 2.24. The Kier molecular flexibility index (Phi) is 4.65. The molecule has 1 fully saturated rings. The number of nitrogens with zero attached hydrogens (tertiary/aromatic N) is 1. The summed E-state index contributed by atoms with van der Waals surface area (Å²) < 4.78 is 0. The molecule has 1 aromatic rings. The predicted octanol–water partition coefficient (Wildman–Crippen LogP) is 2.84. The van der Waals surface area contributed by atoms with Gasteiger partial charge in [-0.3, -0.25) is 0 Å². The number of hydrogen-bond donors (Lipinski definition) is 2. The number of carbonyl (C=O) groups is 1. The van der Waals surface area contributed by atoms with Gasteiger partial charge in [0, 0.05) is 18.3 Å². The lowest BCUT2D eigenvalue weighted by molar-refractivity contribution is 0.0697. The van der Waals surface area contributed by atoms with Crippen molar-refractivity contribution in [1.29, 1.82) is 0 Å². The first-order valence-electron chi connectivity index (χ1n) is 7.26. The first-order valence-corrected chi connectivity index (χ1v) is 7.26. The summed E-state index contributed by atoms with van der Waals surface area (Å²) in [6, 6.07) is 5.61. The molecule has 0 amide bonds. The number of rotatable bonds is 4. The first-order chi connectivity index (χ1) is 9.47. The van der Waals surface area contributed by atoms with E-state index in [-0.39, 0.29) is 0 Å². The number of benzene rings is 1. The second kappa shape index (κ2) is 6.27. The number of piperidine rings is 1. The lowest BCUT2D eigenvalue weighted by atomic mass is 9.91. The Bertz CT molecular complexity index is 487. The second-order valence-electron chi connectivity index (χ2n) is 5.93. The van der Waals surface area contributed by atoms with Gasteiger partial charge in [0.15, 0.2) is 0 Å². The van der Waals surface area contributed by atoms with Crippen LogP contribution in [0.5, 0.6) is 0 Å². The van der Waals surface area contributed by atoms with E-state index in [0.717, 1.165) is 17.8 Å². The van der Waals surface area contributed by atoms with Crippen molar-refractivity contribution < 1.29 is 9.90 Å².